The minimum absolute atomic E-state index is 0.304. The van der Waals surface area contributed by atoms with Crippen LogP contribution >= 0.6 is 0 Å². The Morgan fingerprint density at radius 1 is 0.618 bits per heavy atom. The molecule has 0 saturated carbocycles. The van der Waals surface area contributed by atoms with E-state index in [0.29, 0.717) is 9.79 Å². The number of hydrogen-bond donors (Lipinski definition) is 0. The number of aromatic nitrogens is 1. The summed E-state index contributed by atoms with van der Waals surface area (Å²) in [5.41, 5.74) is 6.60. The van der Waals surface area contributed by atoms with Gasteiger partial charge in [-0.1, -0.05) is 84.4 Å². The van der Waals surface area contributed by atoms with Gasteiger partial charge in [0.15, 0.2) is 0 Å². The van der Waals surface area contributed by atoms with E-state index in [1.807, 2.05) is 85.8 Å². The second-order valence-corrected chi connectivity index (χ2v) is 10.6. The number of hydrogen-bond acceptors (Lipinski definition) is 2. The van der Waals surface area contributed by atoms with Gasteiger partial charge < -0.3 is 4.40 Å². The first-order valence-electron chi connectivity index (χ1n) is 11.3. The highest BCUT2D eigenvalue weighted by Crippen LogP contribution is 2.44. The molecule has 0 fully saturated rings. The van der Waals surface area contributed by atoms with Crippen molar-refractivity contribution in [3.63, 3.8) is 0 Å². The molecule has 0 aliphatic carbocycles. The lowest BCUT2D eigenvalue weighted by molar-refractivity contribution is 0.597. The third-order valence-corrected chi connectivity index (χ3v) is 8.50. The van der Waals surface area contributed by atoms with E-state index >= 15 is 0 Å². The fourth-order valence-electron chi connectivity index (χ4n) is 5.04. The molecule has 0 aliphatic rings. The van der Waals surface area contributed by atoms with Gasteiger partial charge in [0.25, 0.3) is 0 Å². The molecule has 6 rings (SSSR count). The second-order valence-electron chi connectivity index (χ2n) is 8.73. The molecule has 0 aliphatic heterocycles. The monoisotopic (exact) mass is 461 g/mol. The number of aryl methyl sites for hydroxylation is 2. The molecule has 6 aromatic rings. The van der Waals surface area contributed by atoms with Crippen LogP contribution in [0.5, 0.6) is 0 Å². The zero-order valence-electron chi connectivity index (χ0n) is 19.0. The number of fused-ring (bicyclic) bond motifs is 5. The Bertz CT molecular complexity index is 1810. The van der Waals surface area contributed by atoms with Crippen molar-refractivity contribution in [1.82, 2.24) is 4.40 Å². The van der Waals surface area contributed by atoms with Gasteiger partial charge in [-0.15, -0.1) is 0 Å². The predicted molar refractivity (Wildman–Crippen MR) is 139 cm³/mol. The minimum Gasteiger partial charge on any atom is -0.308 e. The molecular weight excluding hydrogens is 438 g/mol. The van der Waals surface area contributed by atoms with E-state index in [-0.39, 0.29) is 0 Å². The van der Waals surface area contributed by atoms with Gasteiger partial charge in [-0.3, -0.25) is 0 Å². The topological polar surface area (TPSA) is 38.5 Å². The molecule has 0 radical (unpaired) electrons. The van der Waals surface area contributed by atoms with Gasteiger partial charge in [0, 0.05) is 16.3 Å². The molecule has 0 bridgehead atoms. The van der Waals surface area contributed by atoms with E-state index in [4.69, 9.17) is 0 Å². The quantitative estimate of drug-likeness (QED) is 0.276. The standard InChI is InChI=1S/C30H23NO2S/c1-20-16-18-23(19-17-20)34(32,33)30-25-13-7-9-15-27(25)31-26-14-8-6-12-24(26)21(2)29(31)28(30)22-10-4-3-5-11-22/h3-19H,1-2H3. The zero-order chi connectivity index (χ0) is 23.4. The zero-order valence-corrected chi connectivity index (χ0v) is 19.8. The van der Waals surface area contributed by atoms with Crippen LogP contribution in [-0.4, -0.2) is 12.8 Å². The number of pyridine rings is 1. The predicted octanol–water partition coefficient (Wildman–Crippen LogP) is 7.36. The summed E-state index contributed by atoms with van der Waals surface area (Å²) in [6.07, 6.45) is 0. The van der Waals surface area contributed by atoms with Gasteiger partial charge in [0.05, 0.1) is 26.3 Å². The molecule has 4 aromatic carbocycles. The van der Waals surface area contributed by atoms with Crippen LogP contribution in [0, 0.1) is 13.8 Å². The summed E-state index contributed by atoms with van der Waals surface area (Å²) < 4.78 is 30.8. The average Bonchev–Trinajstić information content (AvgIpc) is 3.17. The first-order chi connectivity index (χ1) is 16.5. The van der Waals surface area contributed by atoms with Crippen molar-refractivity contribution in [1.29, 1.82) is 0 Å². The lowest BCUT2D eigenvalue weighted by atomic mass is 10.0. The van der Waals surface area contributed by atoms with Crippen molar-refractivity contribution in [3.8, 4) is 11.1 Å². The van der Waals surface area contributed by atoms with Gasteiger partial charge in [-0.05, 0) is 49.2 Å². The van der Waals surface area contributed by atoms with E-state index in [9.17, 15) is 8.42 Å². The van der Waals surface area contributed by atoms with Gasteiger partial charge in [0.2, 0.25) is 9.84 Å². The summed E-state index contributed by atoms with van der Waals surface area (Å²) in [6.45, 7) is 4.05. The Morgan fingerprint density at radius 3 is 1.85 bits per heavy atom. The number of benzene rings is 4. The van der Waals surface area contributed by atoms with E-state index in [0.717, 1.165) is 49.6 Å². The van der Waals surface area contributed by atoms with Gasteiger partial charge >= 0.3 is 0 Å². The normalized spacial score (nSPS) is 12.1. The van der Waals surface area contributed by atoms with Crippen LogP contribution in [0.15, 0.2) is 113 Å². The van der Waals surface area contributed by atoms with E-state index in [1.54, 1.807) is 12.1 Å². The summed E-state index contributed by atoms with van der Waals surface area (Å²) in [5.74, 6) is 0. The van der Waals surface area contributed by atoms with Gasteiger partial charge in [-0.25, -0.2) is 8.42 Å². The SMILES string of the molecule is Cc1ccc(S(=O)(=O)c2c(-c3ccccc3)c3c(C)c4ccccc4n3c3ccccc23)cc1. The first-order valence-corrected chi connectivity index (χ1v) is 12.8. The number of para-hydroxylation sites is 2. The molecule has 166 valence electrons. The third kappa shape index (κ3) is 2.92. The minimum atomic E-state index is -3.82. The third-order valence-electron chi connectivity index (χ3n) is 6.64. The Kier molecular flexibility index (Phi) is 4.61. The van der Waals surface area contributed by atoms with Crippen LogP contribution in [0.1, 0.15) is 11.1 Å². The highest BCUT2D eigenvalue weighted by atomic mass is 32.2. The van der Waals surface area contributed by atoms with Crippen LogP contribution in [0.3, 0.4) is 0 Å². The smallest absolute Gasteiger partial charge is 0.207 e. The van der Waals surface area contributed by atoms with Crippen LogP contribution in [-0.2, 0) is 9.84 Å². The summed E-state index contributed by atoms with van der Waals surface area (Å²) in [5, 5.41) is 1.84. The molecule has 0 spiro atoms. The number of sulfone groups is 1. The average molecular weight is 462 g/mol. The van der Waals surface area contributed by atoms with Crippen LogP contribution < -0.4 is 0 Å². The van der Waals surface area contributed by atoms with Crippen molar-refractivity contribution < 1.29 is 8.42 Å². The van der Waals surface area contributed by atoms with Crippen molar-refractivity contribution in [3.05, 3.63) is 114 Å². The molecule has 2 heterocycles. The maximum Gasteiger partial charge on any atom is 0.207 e. The molecule has 0 atom stereocenters. The number of nitrogens with zero attached hydrogens (tertiary/aromatic N) is 1. The molecule has 2 aromatic heterocycles. The Balaban J connectivity index is 1.91. The van der Waals surface area contributed by atoms with E-state index in [2.05, 4.69) is 23.5 Å². The van der Waals surface area contributed by atoms with E-state index in [1.165, 1.54) is 0 Å². The van der Waals surface area contributed by atoms with Gasteiger partial charge in [0.1, 0.15) is 0 Å². The Hall–Kier alpha value is -3.89. The largest absolute Gasteiger partial charge is 0.308 e. The fraction of sp³-hybridized carbons (Fsp3) is 0.0667. The van der Waals surface area contributed by atoms with Crippen LogP contribution in [0.2, 0.25) is 0 Å². The van der Waals surface area contributed by atoms with E-state index < -0.39 is 9.84 Å². The van der Waals surface area contributed by atoms with Crippen LogP contribution in [0.25, 0.3) is 38.4 Å². The number of rotatable bonds is 3. The van der Waals surface area contributed by atoms with Crippen molar-refractivity contribution in [2.45, 2.75) is 23.6 Å². The maximum absolute atomic E-state index is 14.3. The lowest BCUT2D eigenvalue weighted by Gasteiger charge is -2.18. The second kappa shape index (κ2) is 7.57. The molecule has 4 heteroatoms. The van der Waals surface area contributed by atoms with Crippen molar-refractivity contribution >= 4 is 37.2 Å². The summed E-state index contributed by atoms with van der Waals surface area (Å²) in [7, 11) is -3.82. The molecule has 0 N–H and O–H groups in total. The molecule has 0 unspecified atom stereocenters. The molecular formula is C30H23NO2S. The fourth-order valence-corrected chi connectivity index (χ4v) is 6.72. The molecule has 0 saturated heterocycles. The lowest BCUT2D eigenvalue weighted by Crippen LogP contribution is -2.08. The van der Waals surface area contributed by atoms with Crippen LogP contribution in [0.4, 0.5) is 0 Å². The summed E-state index contributed by atoms with van der Waals surface area (Å²) >= 11 is 0. The van der Waals surface area contributed by atoms with Crippen molar-refractivity contribution in [2.75, 3.05) is 0 Å². The summed E-state index contributed by atoms with van der Waals surface area (Å²) in [4.78, 5) is 0.662. The molecule has 0 amide bonds. The van der Waals surface area contributed by atoms with Gasteiger partial charge in [-0.2, -0.15) is 0 Å². The van der Waals surface area contributed by atoms with Crippen molar-refractivity contribution in [2.24, 2.45) is 0 Å². The summed E-state index contributed by atoms with van der Waals surface area (Å²) in [6, 6.07) is 33.1. The molecule has 3 nitrogen and oxygen atoms in total. The first kappa shape index (κ1) is 20.7. The Labute approximate surface area is 198 Å². The highest BCUT2D eigenvalue weighted by Gasteiger charge is 2.29. The highest BCUT2D eigenvalue weighted by molar-refractivity contribution is 7.92. The maximum atomic E-state index is 14.3. The molecule has 34 heavy (non-hydrogen) atoms. The Morgan fingerprint density at radius 2 is 1.18 bits per heavy atom.